The first kappa shape index (κ1) is 14.1. The predicted molar refractivity (Wildman–Crippen MR) is 86.6 cm³/mol. The molecule has 0 amide bonds. The van der Waals surface area contributed by atoms with Gasteiger partial charge in [-0.05, 0) is 42.2 Å². The van der Waals surface area contributed by atoms with Crippen LogP contribution in [0, 0.1) is 0 Å². The van der Waals surface area contributed by atoms with E-state index in [1.165, 1.54) is 16.4 Å². The molecule has 1 atom stereocenters. The number of para-hydroxylation sites is 1. The van der Waals surface area contributed by atoms with Crippen LogP contribution < -0.4 is 5.32 Å². The van der Waals surface area contributed by atoms with E-state index in [2.05, 4.69) is 45.9 Å². The maximum atomic E-state index is 4.56. The van der Waals surface area contributed by atoms with E-state index in [4.69, 9.17) is 0 Å². The molecule has 0 saturated carbocycles. The SMILES string of the molecule is CNC(c1cnc2ccccc2c1)c1snnc1C(C)C. The molecule has 0 aliphatic rings. The molecule has 5 heteroatoms. The van der Waals surface area contributed by atoms with Gasteiger partial charge in [0.25, 0.3) is 0 Å². The van der Waals surface area contributed by atoms with Crippen molar-refractivity contribution < 1.29 is 0 Å². The summed E-state index contributed by atoms with van der Waals surface area (Å²) in [5, 5.41) is 8.80. The van der Waals surface area contributed by atoms with Gasteiger partial charge >= 0.3 is 0 Å². The molecule has 108 valence electrons. The van der Waals surface area contributed by atoms with Gasteiger partial charge in [-0.2, -0.15) is 0 Å². The van der Waals surface area contributed by atoms with Crippen molar-refractivity contribution in [1.29, 1.82) is 0 Å². The van der Waals surface area contributed by atoms with Crippen molar-refractivity contribution in [2.75, 3.05) is 7.05 Å². The number of rotatable bonds is 4. The molecule has 0 bridgehead atoms. The van der Waals surface area contributed by atoms with Gasteiger partial charge in [0.15, 0.2) is 0 Å². The second-order valence-corrected chi connectivity index (χ2v) is 6.15. The molecular formula is C16H18N4S. The number of benzene rings is 1. The van der Waals surface area contributed by atoms with Crippen molar-refractivity contribution in [3.63, 3.8) is 0 Å². The molecule has 2 heterocycles. The normalized spacial score (nSPS) is 13.0. The standard InChI is InChI=1S/C16H18N4S/c1-10(2)14-16(21-20-19-14)15(17-3)12-8-11-6-4-5-7-13(11)18-9-12/h4-10,15,17H,1-3H3. The number of pyridine rings is 1. The first-order valence-electron chi connectivity index (χ1n) is 7.04. The Labute approximate surface area is 128 Å². The van der Waals surface area contributed by atoms with Gasteiger partial charge in [-0.1, -0.05) is 36.5 Å². The summed E-state index contributed by atoms with van der Waals surface area (Å²) in [6.07, 6.45) is 1.94. The van der Waals surface area contributed by atoms with Crippen LogP contribution in [-0.4, -0.2) is 21.6 Å². The zero-order valence-corrected chi connectivity index (χ0v) is 13.2. The Morgan fingerprint density at radius 2 is 2.00 bits per heavy atom. The quantitative estimate of drug-likeness (QED) is 0.800. The van der Waals surface area contributed by atoms with Gasteiger partial charge in [-0.3, -0.25) is 4.98 Å². The number of hydrogen-bond donors (Lipinski definition) is 1. The minimum absolute atomic E-state index is 0.0829. The third-order valence-corrected chi connectivity index (χ3v) is 4.39. The lowest BCUT2D eigenvalue weighted by molar-refractivity contribution is 0.677. The maximum absolute atomic E-state index is 4.56. The maximum Gasteiger partial charge on any atom is 0.0832 e. The van der Waals surface area contributed by atoms with Crippen molar-refractivity contribution >= 4 is 22.4 Å². The molecule has 3 rings (SSSR count). The minimum atomic E-state index is 0.0829. The zero-order valence-electron chi connectivity index (χ0n) is 12.4. The lowest BCUT2D eigenvalue weighted by atomic mass is 10.0. The van der Waals surface area contributed by atoms with E-state index >= 15 is 0 Å². The second kappa shape index (κ2) is 5.87. The molecule has 1 unspecified atom stereocenters. The fraction of sp³-hybridized carbons (Fsp3) is 0.312. The Morgan fingerprint density at radius 3 is 2.76 bits per heavy atom. The number of nitrogens with one attached hydrogen (secondary N) is 1. The van der Waals surface area contributed by atoms with Crippen molar-refractivity contribution in [3.8, 4) is 0 Å². The minimum Gasteiger partial charge on any atom is -0.309 e. The fourth-order valence-electron chi connectivity index (χ4n) is 2.50. The highest BCUT2D eigenvalue weighted by Crippen LogP contribution is 2.31. The molecule has 0 aliphatic heterocycles. The third-order valence-electron chi connectivity index (χ3n) is 3.58. The molecule has 4 nitrogen and oxygen atoms in total. The molecular weight excluding hydrogens is 280 g/mol. The molecule has 21 heavy (non-hydrogen) atoms. The average molecular weight is 298 g/mol. The Hall–Kier alpha value is -1.85. The van der Waals surface area contributed by atoms with E-state index in [9.17, 15) is 0 Å². The largest absolute Gasteiger partial charge is 0.309 e. The van der Waals surface area contributed by atoms with Crippen molar-refractivity contribution in [3.05, 3.63) is 52.7 Å². The third kappa shape index (κ3) is 2.66. The van der Waals surface area contributed by atoms with E-state index in [1.54, 1.807) is 0 Å². The number of hydrogen-bond acceptors (Lipinski definition) is 5. The van der Waals surface area contributed by atoms with Crippen LogP contribution in [0.25, 0.3) is 10.9 Å². The van der Waals surface area contributed by atoms with Crippen LogP contribution in [0.15, 0.2) is 36.5 Å². The summed E-state index contributed by atoms with van der Waals surface area (Å²) < 4.78 is 4.13. The van der Waals surface area contributed by atoms with Gasteiger partial charge in [0, 0.05) is 11.6 Å². The highest BCUT2D eigenvalue weighted by molar-refractivity contribution is 7.05. The van der Waals surface area contributed by atoms with Gasteiger partial charge in [0.05, 0.1) is 22.1 Å². The Balaban J connectivity index is 2.07. The lowest BCUT2D eigenvalue weighted by Crippen LogP contribution is -2.18. The molecule has 1 N–H and O–H groups in total. The van der Waals surface area contributed by atoms with E-state index in [0.29, 0.717) is 5.92 Å². The monoisotopic (exact) mass is 298 g/mol. The topological polar surface area (TPSA) is 50.7 Å². The summed E-state index contributed by atoms with van der Waals surface area (Å²) in [5.41, 5.74) is 3.22. The van der Waals surface area contributed by atoms with Gasteiger partial charge in [-0.15, -0.1) is 5.10 Å². The van der Waals surface area contributed by atoms with E-state index in [-0.39, 0.29) is 6.04 Å². The van der Waals surface area contributed by atoms with Crippen LogP contribution in [0.1, 0.15) is 41.9 Å². The van der Waals surface area contributed by atoms with Gasteiger partial charge in [0.1, 0.15) is 0 Å². The van der Waals surface area contributed by atoms with Crippen LogP contribution in [0.2, 0.25) is 0 Å². The van der Waals surface area contributed by atoms with E-state index < -0.39 is 0 Å². The van der Waals surface area contributed by atoms with E-state index in [0.717, 1.165) is 22.2 Å². The number of fused-ring (bicyclic) bond motifs is 1. The first-order valence-corrected chi connectivity index (χ1v) is 7.82. The molecule has 2 aromatic heterocycles. The number of aromatic nitrogens is 3. The highest BCUT2D eigenvalue weighted by Gasteiger charge is 2.21. The molecule has 0 aliphatic carbocycles. The van der Waals surface area contributed by atoms with Gasteiger partial charge in [0.2, 0.25) is 0 Å². The van der Waals surface area contributed by atoms with Crippen molar-refractivity contribution in [2.24, 2.45) is 0 Å². The summed E-state index contributed by atoms with van der Waals surface area (Å²) in [7, 11) is 1.96. The Bertz CT molecular complexity index is 751. The molecule has 0 fully saturated rings. The van der Waals surface area contributed by atoms with Crippen molar-refractivity contribution in [1.82, 2.24) is 19.9 Å². The zero-order chi connectivity index (χ0) is 14.8. The summed E-state index contributed by atoms with van der Waals surface area (Å²) in [6.45, 7) is 4.29. The molecule has 0 saturated heterocycles. The summed E-state index contributed by atoms with van der Waals surface area (Å²) in [4.78, 5) is 5.73. The second-order valence-electron chi connectivity index (χ2n) is 5.36. The van der Waals surface area contributed by atoms with Crippen LogP contribution in [0.5, 0.6) is 0 Å². The fourth-order valence-corrected chi connectivity index (χ4v) is 3.45. The van der Waals surface area contributed by atoms with Gasteiger partial charge < -0.3 is 5.32 Å². The molecule has 0 radical (unpaired) electrons. The predicted octanol–water partition coefficient (Wildman–Crippen LogP) is 3.52. The summed E-state index contributed by atoms with van der Waals surface area (Å²) in [6, 6.07) is 10.4. The van der Waals surface area contributed by atoms with Crippen LogP contribution in [0.4, 0.5) is 0 Å². The average Bonchev–Trinajstić information content (AvgIpc) is 2.97. The van der Waals surface area contributed by atoms with Crippen molar-refractivity contribution in [2.45, 2.75) is 25.8 Å². The first-order chi connectivity index (χ1) is 10.2. The van der Waals surface area contributed by atoms with Crippen LogP contribution in [-0.2, 0) is 0 Å². The molecule has 0 spiro atoms. The Kier molecular flexibility index (Phi) is 3.94. The number of nitrogens with zero attached hydrogens (tertiary/aromatic N) is 3. The van der Waals surface area contributed by atoms with Crippen LogP contribution >= 0.6 is 11.5 Å². The molecule has 3 aromatic rings. The highest BCUT2D eigenvalue weighted by atomic mass is 32.1. The summed E-state index contributed by atoms with van der Waals surface area (Å²) >= 11 is 1.46. The Morgan fingerprint density at radius 1 is 1.19 bits per heavy atom. The van der Waals surface area contributed by atoms with Crippen LogP contribution in [0.3, 0.4) is 0 Å². The molecule has 1 aromatic carbocycles. The lowest BCUT2D eigenvalue weighted by Gasteiger charge is -2.17. The smallest absolute Gasteiger partial charge is 0.0832 e. The van der Waals surface area contributed by atoms with E-state index in [1.807, 2.05) is 31.4 Å². The van der Waals surface area contributed by atoms with Gasteiger partial charge in [-0.25, -0.2) is 0 Å². The summed E-state index contributed by atoms with van der Waals surface area (Å²) in [5.74, 6) is 0.364.